The Morgan fingerprint density at radius 1 is 1.32 bits per heavy atom. The number of nitrogens with zero attached hydrogens (tertiary/aromatic N) is 2. The molecular weight excluding hydrogens is 292 g/mol. The number of thiazole rings is 1. The van der Waals surface area contributed by atoms with Crippen LogP contribution in [0.3, 0.4) is 0 Å². The van der Waals surface area contributed by atoms with Crippen molar-refractivity contribution in [3.8, 4) is 10.6 Å². The summed E-state index contributed by atoms with van der Waals surface area (Å²) in [6.07, 6.45) is 4.38. The highest BCUT2D eigenvalue weighted by atomic mass is 32.1. The quantitative estimate of drug-likeness (QED) is 0.843. The minimum absolute atomic E-state index is 0.200. The molecule has 114 valence electrons. The number of anilines is 1. The van der Waals surface area contributed by atoms with Gasteiger partial charge in [0, 0.05) is 28.6 Å². The van der Waals surface area contributed by atoms with Crippen LogP contribution in [0.2, 0.25) is 0 Å². The van der Waals surface area contributed by atoms with Crippen LogP contribution in [0.5, 0.6) is 0 Å². The van der Waals surface area contributed by atoms with E-state index in [1.807, 2.05) is 11.0 Å². The van der Waals surface area contributed by atoms with Crippen molar-refractivity contribution in [2.75, 3.05) is 4.90 Å². The zero-order valence-electron chi connectivity index (χ0n) is 13.0. The molecule has 1 aromatic carbocycles. The molecule has 0 saturated heterocycles. The van der Waals surface area contributed by atoms with Crippen molar-refractivity contribution < 1.29 is 4.79 Å². The molecule has 1 fully saturated rings. The first-order valence-electron chi connectivity index (χ1n) is 8.05. The second-order valence-electron chi connectivity index (χ2n) is 6.54. The van der Waals surface area contributed by atoms with Gasteiger partial charge in [-0.15, -0.1) is 11.3 Å². The minimum atomic E-state index is 0.200. The third-order valence-corrected chi connectivity index (χ3v) is 5.69. The topological polar surface area (TPSA) is 33.2 Å². The lowest BCUT2D eigenvalue weighted by atomic mass is 9.83. The van der Waals surface area contributed by atoms with Crippen molar-refractivity contribution in [3.63, 3.8) is 0 Å². The molecule has 22 heavy (non-hydrogen) atoms. The monoisotopic (exact) mass is 312 g/mol. The second kappa shape index (κ2) is 5.20. The van der Waals surface area contributed by atoms with Crippen LogP contribution >= 0.6 is 11.3 Å². The highest BCUT2D eigenvalue weighted by molar-refractivity contribution is 7.13. The highest BCUT2D eigenvalue weighted by Crippen LogP contribution is 2.41. The van der Waals surface area contributed by atoms with Crippen LogP contribution in [-0.4, -0.2) is 16.9 Å². The van der Waals surface area contributed by atoms with E-state index < -0.39 is 0 Å². The molecule has 0 N–H and O–H groups in total. The Morgan fingerprint density at radius 2 is 2.14 bits per heavy atom. The maximum absolute atomic E-state index is 12.3. The van der Waals surface area contributed by atoms with E-state index in [9.17, 15) is 4.79 Å². The van der Waals surface area contributed by atoms with E-state index in [4.69, 9.17) is 4.98 Å². The molecule has 3 nitrogen and oxygen atoms in total. The summed E-state index contributed by atoms with van der Waals surface area (Å²) in [6, 6.07) is 6.42. The molecule has 0 spiro atoms. The Morgan fingerprint density at radius 3 is 2.82 bits per heavy atom. The second-order valence-corrected chi connectivity index (χ2v) is 7.40. The van der Waals surface area contributed by atoms with Gasteiger partial charge in [-0.05, 0) is 38.3 Å². The molecule has 0 atom stereocenters. The van der Waals surface area contributed by atoms with Gasteiger partial charge in [0.25, 0.3) is 0 Å². The number of carbonyl (C=O) groups excluding carboxylic acids is 1. The minimum Gasteiger partial charge on any atom is -0.309 e. The molecule has 2 aromatic rings. The van der Waals surface area contributed by atoms with Crippen LogP contribution in [0.25, 0.3) is 10.6 Å². The maximum Gasteiger partial charge on any atom is 0.231 e. The van der Waals surface area contributed by atoms with Gasteiger partial charge >= 0.3 is 0 Å². The summed E-state index contributed by atoms with van der Waals surface area (Å²) in [5.74, 6) is 0.865. The largest absolute Gasteiger partial charge is 0.309 e. The van der Waals surface area contributed by atoms with Crippen molar-refractivity contribution in [1.29, 1.82) is 0 Å². The Balaban J connectivity index is 1.75. The van der Waals surface area contributed by atoms with Crippen LogP contribution in [0.1, 0.15) is 50.3 Å². The van der Waals surface area contributed by atoms with Gasteiger partial charge in [0.15, 0.2) is 0 Å². The van der Waals surface area contributed by atoms with Crippen LogP contribution in [0.4, 0.5) is 5.69 Å². The molecule has 0 radical (unpaired) electrons. The van der Waals surface area contributed by atoms with Gasteiger partial charge in [0.1, 0.15) is 5.01 Å². The first kappa shape index (κ1) is 13.9. The predicted molar refractivity (Wildman–Crippen MR) is 90.5 cm³/mol. The standard InChI is InChI=1S/C18H20N2OS/c1-11(2)20-16-8-4-7-13(14(16)9-17(20)21)18-19-15(10-22-18)12-5-3-6-12/h4,7-8,10-12H,3,5-6,9H2,1-2H3. The lowest BCUT2D eigenvalue weighted by Crippen LogP contribution is -2.33. The van der Waals surface area contributed by atoms with Crippen LogP contribution in [0.15, 0.2) is 23.6 Å². The highest BCUT2D eigenvalue weighted by Gasteiger charge is 2.32. The molecule has 1 aliphatic heterocycles. The average Bonchev–Trinajstić information content (AvgIpc) is 2.99. The molecule has 1 amide bonds. The number of fused-ring (bicyclic) bond motifs is 1. The number of aromatic nitrogens is 1. The smallest absolute Gasteiger partial charge is 0.231 e. The first-order chi connectivity index (χ1) is 10.6. The number of carbonyl (C=O) groups is 1. The first-order valence-corrected chi connectivity index (χ1v) is 8.93. The zero-order valence-corrected chi connectivity index (χ0v) is 13.8. The molecule has 2 aliphatic rings. The fourth-order valence-corrected chi connectivity index (χ4v) is 4.38. The zero-order chi connectivity index (χ0) is 15.3. The summed E-state index contributed by atoms with van der Waals surface area (Å²) >= 11 is 1.72. The molecule has 0 bridgehead atoms. The fraction of sp³-hybridized carbons (Fsp3) is 0.444. The lowest BCUT2D eigenvalue weighted by Gasteiger charge is -2.23. The summed E-state index contributed by atoms with van der Waals surface area (Å²) in [6.45, 7) is 4.13. The van der Waals surface area contributed by atoms with E-state index >= 15 is 0 Å². The summed E-state index contributed by atoms with van der Waals surface area (Å²) in [4.78, 5) is 19.1. The lowest BCUT2D eigenvalue weighted by molar-refractivity contribution is -0.117. The Bertz CT molecular complexity index is 730. The predicted octanol–water partition coefficient (Wildman–Crippen LogP) is 4.38. The Kier molecular flexibility index (Phi) is 3.30. The molecule has 2 heterocycles. The average molecular weight is 312 g/mol. The van der Waals surface area contributed by atoms with Crippen molar-refractivity contribution in [2.24, 2.45) is 0 Å². The van der Waals surface area contributed by atoms with E-state index in [1.54, 1.807) is 11.3 Å². The normalized spacial score (nSPS) is 18.0. The summed E-state index contributed by atoms with van der Waals surface area (Å²) in [5, 5.41) is 3.27. The third-order valence-electron chi connectivity index (χ3n) is 4.80. The molecule has 4 rings (SSSR count). The van der Waals surface area contributed by atoms with Crippen molar-refractivity contribution in [2.45, 2.75) is 51.5 Å². The molecule has 1 aliphatic carbocycles. The molecule has 0 unspecified atom stereocenters. The molecule has 4 heteroatoms. The summed E-state index contributed by atoms with van der Waals surface area (Å²) in [7, 11) is 0. The van der Waals surface area contributed by atoms with Gasteiger partial charge in [-0.25, -0.2) is 4.98 Å². The summed E-state index contributed by atoms with van der Waals surface area (Å²) < 4.78 is 0. The Hall–Kier alpha value is -1.68. The van der Waals surface area contributed by atoms with Crippen LogP contribution in [0, 0.1) is 0 Å². The molecular formula is C18H20N2OS. The number of benzene rings is 1. The molecule has 1 saturated carbocycles. The van der Waals surface area contributed by atoms with Crippen LogP contribution in [-0.2, 0) is 11.2 Å². The van der Waals surface area contributed by atoms with Gasteiger partial charge in [-0.2, -0.15) is 0 Å². The van der Waals surface area contributed by atoms with Gasteiger partial charge in [-0.3, -0.25) is 4.79 Å². The van der Waals surface area contributed by atoms with Crippen LogP contribution < -0.4 is 4.90 Å². The SMILES string of the molecule is CC(C)N1C(=O)Cc2c(-c3nc(C4CCC4)cs3)cccc21. The van der Waals surface area contributed by atoms with Crippen molar-refractivity contribution >= 4 is 22.9 Å². The van der Waals surface area contributed by atoms with E-state index in [2.05, 4.69) is 31.4 Å². The Labute approximate surface area is 135 Å². The summed E-state index contributed by atoms with van der Waals surface area (Å²) in [5.41, 5.74) is 4.60. The number of hydrogen-bond donors (Lipinski definition) is 0. The molecule has 1 aromatic heterocycles. The van der Waals surface area contributed by atoms with Gasteiger partial charge < -0.3 is 4.90 Å². The van der Waals surface area contributed by atoms with Crippen molar-refractivity contribution in [1.82, 2.24) is 4.98 Å². The van der Waals surface area contributed by atoms with E-state index in [1.165, 1.54) is 25.0 Å². The van der Waals surface area contributed by atoms with E-state index in [0.717, 1.165) is 21.8 Å². The van der Waals surface area contributed by atoms with E-state index in [0.29, 0.717) is 12.3 Å². The third kappa shape index (κ3) is 2.09. The van der Waals surface area contributed by atoms with Gasteiger partial charge in [-0.1, -0.05) is 18.6 Å². The maximum atomic E-state index is 12.3. The number of hydrogen-bond acceptors (Lipinski definition) is 3. The van der Waals surface area contributed by atoms with E-state index in [-0.39, 0.29) is 11.9 Å². The van der Waals surface area contributed by atoms with Crippen molar-refractivity contribution in [3.05, 3.63) is 34.8 Å². The number of amides is 1. The van der Waals surface area contributed by atoms with Gasteiger partial charge in [0.05, 0.1) is 12.1 Å². The number of rotatable bonds is 3. The van der Waals surface area contributed by atoms with Gasteiger partial charge in [0.2, 0.25) is 5.91 Å². The fourth-order valence-electron chi connectivity index (χ4n) is 3.42.